The molecule has 0 saturated heterocycles. The number of methoxy groups -OCH3 is 1. The standard InChI is InChI=1S/C16H29NO4/c1-11(2)17(15(19)21-16(3,4)5)13-9-7-12(8-10-13)14(18)20-6/h11-13H,7-10H2,1-6H3/t12-,13-. The maximum atomic E-state index is 12.4. The molecule has 0 unspecified atom stereocenters. The van der Waals surface area contributed by atoms with Crippen LogP contribution in [0.4, 0.5) is 4.79 Å². The van der Waals surface area contributed by atoms with Crippen LogP contribution in [0.25, 0.3) is 0 Å². The van der Waals surface area contributed by atoms with E-state index in [-0.39, 0.29) is 30.1 Å². The van der Waals surface area contributed by atoms with E-state index in [0.717, 1.165) is 25.7 Å². The highest BCUT2D eigenvalue weighted by Gasteiger charge is 2.35. The summed E-state index contributed by atoms with van der Waals surface area (Å²) in [4.78, 5) is 25.8. The summed E-state index contributed by atoms with van der Waals surface area (Å²) in [5, 5.41) is 0. The van der Waals surface area contributed by atoms with Crippen LogP contribution in [0.5, 0.6) is 0 Å². The Morgan fingerprint density at radius 2 is 1.62 bits per heavy atom. The van der Waals surface area contributed by atoms with Crippen molar-refractivity contribution in [1.29, 1.82) is 0 Å². The second-order valence-electron chi connectivity index (χ2n) is 7.01. The van der Waals surface area contributed by atoms with Crippen LogP contribution >= 0.6 is 0 Å². The van der Waals surface area contributed by atoms with Gasteiger partial charge in [0.25, 0.3) is 0 Å². The van der Waals surface area contributed by atoms with E-state index in [1.807, 2.05) is 39.5 Å². The molecule has 1 rings (SSSR count). The number of amides is 1. The molecule has 0 spiro atoms. The van der Waals surface area contributed by atoms with Crippen molar-refractivity contribution in [1.82, 2.24) is 4.90 Å². The molecule has 0 N–H and O–H groups in total. The molecule has 1 aliphatic carbocycles. The van der Waals surface area contributed by atoms with Crippen LogP contribution in [0.2, 0.25) is 0 Å². The number of hydrogen-bond donors (Lipinski definition) is 0. The van der Waals surface area contributed by atoms with Gasteiger partial charge in [0, 0.05) is 12.1 Å². The van der Waals surface area contributed by atoms with Crippen LogP contribution < -0.4 is 0 Å². The van der Waals surface area contributed by atoms with E-state index in [4.69, 9.17) is 9.47 Å². The Kier molecular flexibility index (Phi) is 6.05. The fourth-order valence-corrected chi connectivity index (χ4v) is 2.85. The number of rotatable bonds is 3. The highest BCUT2D eigenvalue weighted by molar-refractivity contribution is 5.72. The summed E-state index contributed by atoms with van der Waals surface area (Å²) in [6.07, 6.45) is 2.90. The fourth-order valence-electron chi connectivity index (χ4n) is 2.85. The van der Waals surface area contributed by atoms with Crippen LogP contribution in [0.1, 0.15) is 60.3 Å². The lowest BCUT2D eigenvalue weighted by Crippen LogP contribution is -2.48. The van der Waals surface area contributed by atoms with Gasteiger partial charge < -0.3 is 14.4 Å². The van der Waals surface area contributed by atoms with Crippen molar-refractivity contribution in [2.24, 2.45) is 5.92 Å². The number of carbonyl (C=O) groups is 2. The molecule has 0 bridgehead atoms. The molecule has 0 heterocycles. The third-order valence-corrected chi connectivity index (χ3v) is 3.79. The maximum absolute atomic E-state index is 12.4. The van der Waals surface area contributed by atoms with E-state index in [9.17, 15) is 9.59 Å². The minimum Gasteiger partial charge on any atom is -0.469 e. The molecule has 1 amide bonds. The van der Waals surface area contributed by atoms with Crippen LogP contribution in [0, 0.1) is 5.92 Å². The van der Waals surface area contributed by atoms with Gasteiger partial charge in [0.05, 0.1) is 13.0 Å². The molecule has 0 radical (unpaired) electrons. The van der Waals surface area contributed by atoms with E-state index in [1.165, 1.54) is 7.11 Å². The second kappa shape index (κ2) is 7.14. The Morgan fingerprint density at radius 1 is 1.10 bits per heavy atom. The van der Waals surface area contributed by atoms with Crippen molar-refractivity contribution in [2.75, 3.05) is 7.11 Å². The lowest BCUT2D eigenvalue weighted by atomic mass is 9.85. The lowest BCUT2D eigenvalue weighted by molar-refractivity contribution is -0.146. The van der Waals surface area contributed by atoms with E-state index in [0.29, 0.717) is 0 Å². The molecule has 0 aromatic heterocycles. The molecule has 1 saturated carbocycles. The number of hydrogen-bond acceptors (Lipinski definition) is 4. The normalized spacial score (nSPS) is 22.8. The number of nitrogens with zero attached hydrogens (tertiary/aromatic N) is 1. The van der Waals surface area contributed by atoms with Crippen LogP contribution in [-0.4, -0.2) is 41.8 Å². The molecule has 0 aromatic carbocycles. The van der Waals surface area contributed by atoms with E-state index < -0.39 is 5.60 Å². The predicted molar refractivity (Wildman–Crippen MR) is 81.0 cm³/mol. The molecular weight excluding hydrogens is 270 g/mol. The summed E-state index contributed by atoms with van der Waals surface area (Å²) in [6, 6.07) is 0.222. The zero-order chi connectivity index (χ0) is 16.2. The van der Waals surface area contributed by atoms with Crippen molar-refractivity contribution in [2.45, 2.75) is 78.0 Å². The molecule has 0 aliphatic heterocycles. The smallest absolute Gasteiger partial charge is 0.410 e. The van der Waals surface area contributed by atoms with E-state index in [1.54, 1.807) is 0 Å². The van der Waals surface area contributed by atoms with Gasteiger partial charge in [0.1, 0.15) is 5.60 Å². The van der Waals surface area contributed by atoms with Crippen LogP contribution in [0.3, 0.4) is 0 Å². The zero-order valence-corrected chi connectivity index (χ0v) is 14.1. The van der Waals surface area contributed by atoms with Crippen molar-refractivity contribution in [3.05, 3.63) is 0 Å². The highest BCUT2D eigenvalue weighted by Crippen LogP contribution is 2.30. The highest BCUT2D eigenvalue weighted by atomic mass is 16.6. The minimum absolute atomic E-state index is 0.0288. The lowest BCUT2D eigenvalue weighted by Gasteiger charge is -2.39. The van der Waals surface area contributed by atoms with Crippen molar-refractivity contribution >= 4 is 12.1 Å². The summed E-state index contributed by atoms with van der Waals surface area (Å²) in [5.41, 5.74) is -0.493. The summed E-state index contributed by atoms with van der Waals surface area (Å²) >= 11 is 0. The van der Waals surface area contributed by atoms with Crippen LogP contribution in [0.15, 0.2) is 0 Å². The van der Waals surface area contributed by atoms with E-state index in [2.05, 4.69) is 0 Å². The SMILES string of the molecule is COC(=O)[C@H]1CC[C@H](N(C(=O)OC(C)(C)C)C(C)C)CC1. The molecule has 1 fully saturated rings. The predicted octanol–water partition coefficient (Wildman–Crippen LogP) is 3.36. The van der Waals surface area contributed by atoms with Crippen molar-refractivity contribution < 1.29 is 19.1 Å². The fraction of sp³-hybridized carbons (Fsp3) is 0.875. The quantitative estimate of drug-likeness (QED) is 0.750. The molecule has 0 atom stereocenters. The maximum Gasteiger partial charge on any atom is 0.410 e. The largest absolute Gasteiger partial charge is 0.469 e. The summed E-state index contributed by atoms with van der Waals surface area (Å²) < 4.78 is 10.3. The summed E-state index contributed by atoms with van der Waals surface area (Å²) in [5.74, 6) is -0.166. The van der Waals surface area contributed by atoms with Gasteiger partial charge in [-0.25, -0.2) is 4.79 Å². The van der Waals surface area contributed by atoms with Gasteiger partial charge in [-0.15, -0.1) is 0 Å². The molecule has 122 valence electrons. The first kappa shape index (κ1) is 17.8. The minimum atomic E-state index is -0.493. The molecular formula is C16H29NO4. The third-order valence-electron chi connectivity index (χ3n) is 3.79. The first-order valence-electron chi connectivity index (χ1n) is 7.75. The molecule has 5 nitrogen and oxygen atoms in total. The second-order valence-corrected chi connectivity index (χ2v) is 7.01. The molecule has 5 heteroatoms. The van der Waals surface area contributed by atoms with Gasteiger partial charge >= 0.3 is 12.1 Å². The van der Waals surface area contributed by atoms with Gasteiger partial charge in [-0.1, -0.05) is 0 Å². The summed E-state index contributed by atoms with van der Waals surface area (Å²) in [6.45, 7) is 9.61. The molecule has 1 aliphatic rings. The van der Waals surface area contributed by atoms with Crippen molar-refractivity contribution in [3.63, 3.8) is 0 Å². The topological polar surface area (TPSA) is 55.8 Å². The Morgan fingerprint density at radius 3 is 2.00 bits per heavy atom. The Balaban J connectivity index is 2.67. The van der Waals surface area contributed by atoms with Gasteiger partial charge in [-0.2, -0.15) is 0 Å². The van der Waals surface area contributed by atoms with Gasteiger partial charge in [0.2, 0.25) is 0 Å². The Bertz CT molecular complexity index is 365. The Labute approximate surface area is 128 Å². The first-order valence-corrected chi connectivity index (χ1v) is 7.75. The summed E-state index contributed by atoms with van der Waals surface area (Å²) in [7, 11) is 1.43. The number of carbonyl (C=O) groups excluding carboxylic acids is 2. The van der Waals surface area contributed by atoms with Crippen LogP contribution in [-0.2, 0) is 14.3 Å². The van der Waals surface area contributed by atoms with Gasteiger partial charge in [-0.3, -0.25) is 4.79 Å². The average molecular weight is 299 g/mol. The monoisotopic (exact) mass is 299 g/mol. The Hall–Kier alpha value is -1.26. The number of ether oxygens (including phenoxy) is 2. The number of esters is 1. The average Bonchev–Trinajstić information content (AvgIpc) is 2.36. The first-order chi connectivity index (χ1) is 9.65. The van der Waals surface area contributed by atoms with Crippen molar-refractivity contribution in [3.8, 4) is 0 Å². The zero-order valence-electron chi connectivity index (χ0n) is 14.1. The molecule has 0 aromatic rings. The van der Waals surface area contributed by atoms with E-state index >= 15 is 0 Å². The van der Waals surface area contributed by atoms with Gasteiger partial charge in [0.15, 0.2) is 0 Å². The third kappa shape index (κ3) is 5.21. The van der Waals surface area contributed by atoms with Gasteiger partial charge in [-0.05, 0) is 60.3 Å². The molecule has 21 heavy (non-hydrogen) atoms.